The van der Waals surface area contributed by atoms with E-state index in [1.165, 1.54) is 31.2 Å². The van der Waals surface area contributed by atoms with Gasteiger partial charge in [-0.25, -0.2) is 0 Å². The molecule has 3 aliphatic rings. The molecule has 1 saturated carbocycles. The second-order valence-electron chi connectivity index (χ2n) is 5.38. The molecule has 1 nitrogen and oxygen atoms in total. The molecular formula is C16H21N. The largest absolute Gasteiger partial charge is 0.316 e. The lowest BCUT2D eigenvalue weighted by molar-refractivity contribution is 0.319. The van der Waals surface area contributed by atoms with E-state index < -0.39 is 0 Å². The number of likely N-dealkylation sites (N-methyl/N-ethyl adjacent to an activating group) is 1. The molecule has 4 rings (SSSR count). The van der Waals surface area contributed by atoms with Gasteiger partial charge < -0.3 is 5.32 Å². The highest BCUT2D eigenvalue weighted by molar-refractivity contribution is 5.73. The van der Waals surface area contributed by atoms with E-state index in [1.807, 2.05) is 0 Å². The third-order valence-corrected chi connectivity index (χ3v) is 4.43. The lowest BCUT2D eigenvalue weighted by atomic mass is 9.65. The van der Waals surface area contributed by atoms with Gasteiger partial charge in [-0.1, -0.05) is 30.3 Å². The highest BCUT2D eigenvalue weighted by Crippen LogP contribution is 2.48. The van der Waals surface area contributed by atoms with Crippen molar-refractivity contribution in [2.45, 2.75) is 25.7 Å². The van der Waals surface area contributed by atoms with E-state index in [0.717, 1.165) is 18.4 Å². The summed E-state index contributed by atoms with van der Waals surface area (Å²) in [6.45, 7) is 1.07. The van der Waals surface area contributed by atoms with Crippen molar-refractivity contribution in [1.29, 1.82) is 0 Å². The van der Waals surface area contributed by atoms with Crippen LogP contribution in [-0.2, 0) is 0 Å². The predicted molar refractivity (Wildman–Crippen MR) is 72.7 cm³/mol. The smallest absolute Gasteiger partial charge is 0.0170 e. The Kier molecular flexibility index (Phi) is 3.02. The molecule has 0 atom stereocenters. The van der Waals surface area contributed by atoms with Crippen LogP contribution in [0.5, 0.6) is 0 Å². The first-order valence-electron chi connectivity index (χ1n) is 6.83. The van der Waals surface area contributed by atoms with Crippen molar-refractivity contribution in [3.63, 3.8) is 0 Å². The summed E-state index contributed by atoms with van der Waals surface area (Å²) in [6.07, 6.45) is 5.64. The predicted octanol–water partition coefficient (Wildman–Crippen LogP) is 3.48. The molecule has 2 bridgehead atoms. The van der Waals surface area contributed by atoms with Crippen LogP contribution in [0, 0.1) is 11.8 Å². The van der Waals surface area contributed by atoms with Crippen molar-refractivity contribution < 1.29 is 0 Å². The number of hydrogen-bond acceptors (Lipinski definition) is 1. The van der Waals surface area contributed by atoms with E-state index in [-0.39, 0.29) is 0 Å². The number of hydrogen-bond donors (Lipinski definition) is 1. The Morgan fingerprint density at radius 3 is 2.29 bits per heavy atom. The van der Waals surface area contributed by atoms with Crippen LogP contribution in [0.3, 0.4) is 0 Å². The fourth-order valence-corrected chi connectivity index (χ4v) is 3.68. The molecule has 3 aliphatic carbocycles. The van der Waals surface area contributed by atoms with E-state index in [0.29, 0.717) is 0 Å². The van der Waals surface area contributed by atoms with Gasteiger partial charge in [-0.2, -0.15) is 0 Å². The zero-order chi connectivity index (χ0) is 11.7. The molecule has 1 fully saturated rings. The molecule has 0 aliphatic heterocycles. The zero-order valence-corrected chi connectivity index (χ0v) is 10.6. The van der Waals surface area contributed by atoms with Gasteiger partial charge in [0.1, 0.15) is 0 Å². The van der Waals surface area contributed by atoms with Gasteiger partial charge in [0.05, 0.1) is 0 Å². The van der Waals surface area contributed by atoms with Crippen LogP contribution in [0.2, 0.25) is 0 Å². The summed E-state index contributed by atoms with van der Waals surface area (Å²) in [4.78, 5) is 0. The van der Waals surface area contributed by atoms with Gasteiger partial charge >= 0.3 is 0 Å². The lowest BCUT2D eigenvalue weighted by Crippen LogP contribution is -2.30. The van der Waals surface area contributed by atoms with Gasteiger partial charge in [0.2, 0.25) is 0 Å². The van der Waals surface area contributed by atoms with E-state index in [9.17, 15) is 0 Å². The van der Waals surface area contributed by atoms with Crippen LogP contribution in [0.15, 0.2) is 35.9 Å². The monoisotopic (exact) mass is 227 g/mol. The second-order valence-corrected chi connectivity index (χ2v) is 5.38. The highest BCUT2D eigenvalue weighted by atomic mass is 14.8. The zero-order valence-electron chi connectivity index (χ0n) is 10.6. The number of nitrogens with one attached hydrogen (secondary N) is 1. The van der Waals surface area contributed by atoms with Gasteiger partial charge in [0, 0.05) is 6.54 Å². The van der Waals surface area contributed by atoms with Gasteiger partial charge in [-0.15, -0.1) is 0 Å². The van der Waals surface area contributed by atoms with Gasteiger partial charge in [0.25, 0.3) is 0 Å². The van der Waals surface area contributed by atoms with Crippen LogP contribution in [-0.4, -0.2) is 13.6 Å². The highest BCUT2D eigenvalue weighted by Gasteiger charge is 2.34. The third kappa shape index (κ3) is 1.93. The van der Waals surface area contributed by atoms with Gasteiger partial charge in [-0.05, 0) is 61.3 Å². The van der Waals surface area contributed by atoms with Crippen molar-refractivity contribution in [3.8, 4) is 0 Å². The third-order valence-electron chi connectivity index (χ3n) is 4.43. The van der Waals surface area contributed by atoms with Gasteiger partial charge in [0.15, 0.2) is 0 Å². The van der Waals surface area contributed by atoms with E-state index >= 15 is 0 Å². The Bertz CT molecular complexity index is 410. The summed E-state index contributed by atoms with van der Waals surface area (Å²) in [5, 5.41) is 3.36. The van der Waals surface area contributed by atoms with E-state index in [1.54, 1.807) is 11.1 Å². The lowest BCUT2D eigenvalue weighted by Gasteiger charge is -2.40. The molecule has 0 aromatic heterocycles. The van der Waals surface area contributed by atoms with E-state index in [2.05, 4.69) is 42.7 Å². The molecule has 1 aromatic rings. The normalized spacial score (nSPS) is 27.6. The fraction of sp³-hybridized carbons (Fsp3) is 0.500. The Hall–Kier alpha value is -1.08. The summed E-state index contributed by atoms with van der Waals surface area (Å²) < 4.78 is 0. The molecule has 0 radical (unpaired) electrons. The molecule has 17 heavy (non-hydrogen) atoms. The quantitative estimate of drug-likeness (QED) is 0.833. The summed E-state index contributed by atoms with van der Waals surface area (Å²) in [5.41, 5.74) is 4.83. The topological polar surface area (TPSA) is 12.0 Å². The molecule has 1 heteroatoms. The molecule has 1 aromatic carbocycles. The van der Waals surface area contributed by atoms with Crippen molar-refractivity contribution in [2.75, 3.05) is 13.6 Å². The maximum atomic E-state index is 3.36. The van der Waals surface area contributed by atoms with Crippen LogP contribution in [0.25, 0.3) is 5.57 Å². The molecule has 0 unspecified atom stereocenters. The van der Waals surface area contributed by atoms with Crippen molar-refractivity contribution in [2.24, 2.45) is 11.8 Å². The summed E-state index contributed by atoms with van der Waals surface area (Å²) in [5.74, 6) is 1.67. The Morgan fingerprint density at radius 1 is 1.00 bits per heavy atom. The molecule has 0 spiro atoms. The maximum absolute atomic E-state index is 3.36. The number of rotatable bonds is 3. The minimum absolute atomic E-state index is 0.825. The summed E-state index contributed by atoms with van der Waals surface area (Å²) in [6, 6.07) is 11.0. The second kappa shape index (κ2) is 4.66. The van der Waals surface area contributed by atoms with Crippen molar-refractivity contribution in [3.05, 3.63) is 41.5 Å². The molecule has 0 heterocycles. The minimum atomic E-state index is 0.825. The molecule has 90 valence electrons. The van der Waals surface area contributed by atoms with Crippen LogP contribution < -0.4 is 5.32 Å². The van der Waals surface area contributed by atoms with Crippen LogP contribution >= 0.6 is 0 Å². The number of fused-ring (bicyclic) bond motifs is 2. The minimum Gasteiger partial charge on any atom is -0.316 e. The Morgan fingerprint density at radius 2 is 1.65 bits per heavy atom. The van der Waals surface area contributed by atoms with Crippen LogP contribution in [0.4, 0.5) is 0 Å². The van der Waals surface area contributed by atoms with Crippen molar-refractivity contribution in [1.82, 2.24) is 5.32 Å². The average Bonchev–Trinajstić information content (AvgIpc) is 2.41. The summed E-state index contributed by atoms with van der Waals surface area (Å²) >= 11 is 0. The van der Waals surface area contributed by atoms with Crippen molar-refractivity contribution >= 4 is 5.57 Å². The molecule has 0 saturated heterocycles. The first-order valence-corrected chi connectivity index (χ1v) is 6.83. The van der Waals surface area contributed by atoms with Gasteiger partial charge in [-0.3, -0.25) is 0 Å². The first kappa shape index (κ1) is 11.0. The van der Waals surface area contributed by atoms with E-state index in [4.69, 9.17) is 0 Å². The Labute approximate surface area is 104 Å². The molecule has 0 amide bonds. The molecule has 1 N–H and O–H groups in total. The fourth-order valence-electron chi connectivity index (χ4n) is 3.68. The maximum Gasteiger partial charge on any atom is 0.0170 e. The Balaban J connectivity index is 2.06. The van der Waals surface area contributed by atoms with Crippen LogP contribution in [0.1, 0.15) is 31.2 Å². The summed E-state index contributed by atoms with van der Waals surface area (Å²) in [7, 11) is 2.07. The standard InChI is InChI=1S/C16H21N/c1-17-11-15-12-7-9-14(10-8-12)16(15)13-5-3-2-4-6-13/h2-6,12,14,17H,7-11H2,1H3. The number of benzene rings is 1. The molecular weight excluding hydrogens is 206 g/mol. The number of allylic oxidation sites excluding steroid dienone is 1. The first-order chi connectivity index (χ1) is 8.40. The average molecular weight is 227 g/mol. The SMILES string of the molecule is CNCC1=C(c2ccccc2)C2CCC1CC2.